The van der Waals surface area contributed by atoms with Crippen molar-refractivity contribution in [3.8, 4) is 0 Å². The molecule has 158 valence electrons. The van der Waals surface area contributed by atoms with Crippen molar-refractivity contribution in [2.24, 2.45) is 5.73 Å². The number of nitrogens with two attached hydrogens (primary N) is 1. The third-order valence-electron chi connectivity index (χ3n) is 4.20. The summed E-state index contributed by atoms with van der Waals surface area (Å²) in [5.41, 5.74) is 8.26. The van der Waals surface area contributed by atoms with Gasteiger partial charge in [0.25, 0.3) is 0 Å². The Hall–Kier alpha value is -3.13. The number of hydrogen-bond donors (Lipinski definition) is 4. The van der Waals surface area contributed by atoms with Crippen LogP contribution in [0.15, 0.2) is 36.5 Å². The number of carboxylic acids is 2. The van der Waals surface area contributed by atoms with Crippen molar-refractivity contribution in [2.75, 3.05) is 19.6 Å². The molecule has 0 bridgehead atoms. The van der Waals surface area contributed by atoms with E-state index in [-0.39, 0.29) is 5.91 Å². The highest BCUT2D eigenvalue weighted by Gasteiger charge is 2.09. The molecule has 0 aliphatic heterocycles. The van der Waals surface area contributed by atoms with Gasteiger partial charge in [0, 0.05) is 41.4 Å². The molecule has 0 saturated heterocycles. The van der Waals surface area contributed by atoms with E-state index in [0.717, 1.165) is 37.0 Å². The van der Waals surface area contributed by atoms with Crippen LogP contribution in [0.25, 0.3) is 10.9 Å². The Morgan fingerprint density at radius 3 is 2.10 bits per heavy atom. The first kappa shape index (κ1) is 23.9. The maximum absolute atomic E-state index is 11.3. The monoisotopic (exact) mass is 403 g/mol. The van der Waals surface area contributed by atoms with E-state index < -0.39 is 11.9 Å². The number of carbonyl (C=O) groups excluding carboxylic acids is 1. The summed E-state index contributed by atoms with van der Waals surface area (Å²) in [6.07, 6.45) is 6.51. The Morgan fingerprint density at radius 2 is 1.62 bits per heavy atom. The molecule has 1 amide bonds. The number of hydrogen-bond acceptors (Lipinski definition) is 4. The van der Waals surface area contributed by atoms with E-state index in [2.05, 4.69) is 23.7 Å². The highest BCUT2D eigenvalue weighted by Crippen LogP contribution is 2.20. The first-order valence-corrected chi connectivity index (χ1v) is 9.54. The lowest BCUT2D eigenvalue weighted by atomic mass is 10.1. The lowest BCUT2D eigenvalue weighted by molar-refractivity contribution is -0.134. The number of rotatable bonds is 10. The molecule has 0 atom stereocenters. The summed E-state index contributed by atoms with van der Waals surface area (Å²) >= 11 is 0. The van der Waals surface area contributed by atoms with Crippen molar-refractivity contribution in [3.05, 3.63) is 47.7 Å². The van der Waals surface area contributed by atoms with E-state index in [4.69, 9.17) is 15.9 Å². The molecular formula is C21H29N3O5. The van der Waals surface area contributed by atoms with Gasteiger partial charge in [-0.05, 0) is 56.1 Å². The largest absolute Gasteiger partial charge is 0.478 e. The molecule has 0 aliphatic carbocycles. The summed E-state index contributed by atoms with van der Waals surface area (Å²) in [5.74, 6) is -2.89. The number of primary amides is 1. The summed E-state index contributed by atoms with van der Waals surface area (Å²) in [6, 6.07) is 5.59. The number of H-pyrrole nitrogens is 1. The van der Waals surface area contributed by atoms with Gasteiger partial charge in [-0.25, -0.2) is 9.59 Å². The van der Waals surface area contributed by atoms with E-state index in [1.165, 1.54) is 18.4 Å². The fourth-order valence-electron chi connectivity index (χ4n) is 2.93. The van der Waals surface area contributed by atoms with Crippen LogP contribution in [0, 0.1) is 0 Å². The molecule has 5 N–H and O–H groups in total. The highest BCUT2D eigenvalue weighted by molar-refractivity contribution is 5.97. The predicted octanol–water partition coefficient (Wildman–Crippen LogP) is 2.64. The number of carbonyl (C=O) groups is 3. The quantitative estimate of drug-likeness (QED) is 0.450. The second kappa shape index (κ2) is 12.4. The minimum Gasteiger partial charge on any atom is -0.478 e. The van der Waals surface area contributed by atoms with E-state index in [1.807, 2.05) is 18.3 Å². The molecule has 0 aliphatic rings. The number of aromatic amines is 1. The zero-order valence-electron chi connectivity index (χ0n) is 16.9. The Kier molecular flexibility index (Phi) is 10.2. The van der Waals surface area contributed by atoms with Gasteiger partial charge in [0.1, 0.15) is 0 Å². The number of fused-ring (bicyclic) bond motifs is 1. The maximum Gasteiger partial charge on any atom is 0.328 e. The van der Waals surface area contributed by atoms with Crippen LogP contribution >= 0.6 is 0 Å². The van der Waals surface area contributed by atoms with Crippen molar-refractivity contribution in [2.45, 2.75) is 33.1 Å². The van der Waals surface area contributed by atoms with E-state index >= 15 is 0 Å². The van der Waals surface area contributed by atoms with Crippen LogP contribution in [0.3, 0.4) is 0 Å². The summed E-state index contributed by atoms with van der Waals surface area (Å²) < 4.78 is 0. The lowest BCUT2D eigenvalue weighted by Crippen LogP contribution is -2.27. The molecule has 29 heavy (non-hydrogen) atoms. The van der Waals surface area contributed by atoms with Gasteiger partial charge < -0.3 is 25.8 Å². The number of nitrogens with zero attached hydrogens (tertiary/aromatic N) is 1. The van der Waals surface area contributed by atoms with E-state index in [9.17, 15) is 14.4 Å². The minimum atomic E-state index is -1.26. The first-order chi connectivity index (χ1) is 13.8. The van der Waals surface area contributed by atoms with Gasteiger partial charge in [0.05, 0.1) is 0 Å². The topological polar surface area (TPSA) is 137 Å². The Labute approximate surface area is 170 Å². The number of aromatic nitrogens is 1. The van der Waals surface area contributed by atoms with Crippen LogP contribution < -0.4 is 5.73 Å². The molecule has 0 unspecified atom stereocenters. The molecular weight excluding hydrogens is 374 g/mol. The second-order valence-corrected chi connectivity index (χ2v) is 6.54. The smallest absolute Gasteiger partial charge is 0.328 e. The minimum absolute atomic E-state index is 0.373. The SMILES string of the molecule is CCCN(CCC)CCc1c[nH]c2ccc(C(N)=O)cc12.O=C(O)C=CC(=O)O. The van der Waals surface area contributed by atoms with Gasteiger partial charge in [-0.1, -0.05) is 13.8 Å². The third-order valence-corrected chi connectivity index (χ3v) is 4.20. The standard InChI is InChI=1S/C17H25N3O.C4H4O4/c1-3-8-20(9-4-2)10-7-14-12-19-16-6-5-13(17(18)21)11-15(14)16;5-3(6)1-2-4(7)8/h5-6,11-12,19H,3-4,7-10H2,1-2H3,(H2,18,21);1-2H,(H,5,6)(H,7,8). The Balaban J connectivity index is 0.000000447. The average Bonchev–Trinajstić information content (AvgIpc) is 3.07. The molecule has 0 spiro atoms. The van der Waals surface area contributed by atoms with E-state index in [0.29, 0.717) is 17.7 Å². The number of benzene rings is 1. The van der Waals surface area contributed by atoms with Crippen LogP contribution in [0.1, 0.15) is 42.6 Å². The van der Waals surface area contributed by atoms with Gasteiger partial charge in [0.2, 0.25) is 5.91 Å². The Morgan fingerprint density at radius 1 is 1.03 bits per heavy atom. The number of carboxylic acid groups (broad SMARTS) is 2. The molecule has 0 radical (unpaired) electrons. The molecule has 0 saturated carbocycles. The first-order valence-electron chi connectivity index (χ1n) is 9.54. The zero-order valence-corrected chi connectivity index (χ0v) is 16.9. The van der Waals surface area contributed by atoms with Crippen LogP contribution in [0.5, 0.6) is 0 Å². The molecule has 1 aromatic carbocycles. The summed E-state index contributed by atoms with van der Waals surface area (Å²) in [6.45, 7) is 7.77. The molecule has 8 nitrogen and oxygen atoms in total. The van der Waals surface area contributed by atoms with Gasteiger partial charge in [-0.15, -0.1) is 0 Å². The second-order valence-electron chi connectivity index (χ2n) is 6.54. The van der Waals surface area contributed by atoms with Gasteiger partial charge in [-0.2, -0.15) is 0 Å². The van der Waals surface area contributed by atoms with Crippen LogP contribution in [-0.4, -0.2) is 57.6 Å². The van der Waals surface area contributed by atoms with Crippen LogP contribution in [0.4, 0.5) is 0 Å². The van der Waals surface area contributed by atoms with Crippen molar-refractivity contribution < 1.29 is 24.6 Å². The molecule has 1 heterocycles. The average molecular weight is 403 g/mol. The fourth-order valence-corrected chi connectivity index (χ4v) is 2.93. The van der Waals surface area contributed by atoms with Crippen LogP contribution in [0.2, 0.25) is 0 Å². The summed E-state index contributed by atoms with van der Waals surface area (Å²) in [7, 11) is 0. The van der Waals surface area contributed by atoms with Crippen molar-refractivity contribution in [1.82, 2.24) is 9.88 Å². The number of nitrogens with one attached hydrogen (secondary N) is 1. The predicted molar refractivity (Wildman–Crippen MR) is 112 cm³/mol. The van der Waals surface area contributed by atoms with E-state index in [1.54, 1.807) is 6.07 Å². The van der Waals surface area contributed by atoms with Crippen molar-refractivity contribution >= 4 is 28.7 Å². The molecule has 0 fully saturated rings. The highest BCUT2D eigenvalue weighted by atomic mass is 16.4. The van der Waals surface area contributed by atoms with Crippen molar-refractivity contribution in [3.63, 3.8) is 0 Å². The third kappa shape index (κ3) is 8.61. The lowest BCUT2D eigenvalue weighted by Gasteiger charge is -2.20. The van der Waals surface area contributed by atoms with Crippen LogP contribution in [-0.2, 0) is 16.0 Å². The molecule has 8 heteroatoms. The zero-order chi connectivity index (χ0) is 21.8. The fraction of sp³-hybridized carbons (Fsp3) is 0.381. The number of aliphatic carboxylic acids is 2. The normalized spacial score (nSPS) is 10.9. The van der Waals surface area contributed by atoms with Crippen molar-refractivity contribution in [1.29, 1.82) is 0 Å². The van der Waals surface area contributed by atoms with Gasteiger partial charge >= 0.3 is 11.9 Å². The van der Waals surface area contributed by atoms with Gasteiger partial charge in [-0.3, -0.25) is 4.79 Å². The molecule has 2 aromatic rings. The molecule has 2 rings (SSSR count). The summed E-state index contributed by atoms with van der Waals surface area (Å²) in [5, 5.41) is 16.7. The van der Waals surface area contributed by atoms with Gasteiger partial charge in [0.15, 0.2) is 0 Å². The summed E-state index contributed by atoms with van der Waals surface area (Å²) in [4.78, 5) is 36.2. The maximum atomic E-state index is 11.3. The molecule has 1 aromatic heterocycles. The number of amides is 1. The Bertz CT molecular complexity index is 835.